The Morgan fingerprint density at radius 2 is 2.00 bits per heavy atom. The van der Waals surface area contributed by atoms with Crippen molar-refractivity contribution < 1.29 is 0 Å². The quantitative estimate of drug-likeness (QED) is 0.621. The van der Waals surface area contributed by atoms with Crippen LogP contribution in [0, 0.1) is 20.8 Å². The number of aromatic nitrogens is 3. The first-order valence-electron chi connectivity index (χ1n) is 4.42. The number of aryl methyl sites for hydroxylation is 3. The van der Waals surface area contributed by atoms with Crippen LogP contribution in [0.4, 0.5) is 0 Å². The van der Waals surface area contributed by atoms with Crippen LogP contribution in [0.25, 0.3) is 5.52 Å². The van der Waals surface area contributed by atoms with Crippen molar-refractivity contribution in [1.29, 1.82) is 0 Å². The highest BCUT2D eigenvalue weighted by Crippen LogP contribution is 2.08. The van der Waals surface area contributed by atoms with Gasteiger partial charge in [-0.1, -0.05) is 0 Å². The van der Waals surface area contributed by atoms with Gasteiger partial charge in [0.25, 0.3) is 5.56 Å². The van der Waals surface area contributed by atoms with E-state index in [2.05, 4.69) is 10.1 Å². The molecule has 2 rings (SSSR count). The van der Waals surface area contributed by atoms with Crippen LogP contribution in [0.1, 0.15) is 16.8 Å². The van der Waals surface area contributed by atoms with Gasteiger partial charge in [0, 0.05) is 5.56 Å². The van der Waals surface area contributed by atoms with E-state index in [0.29, 0.717) is 5.56 Å². The zero-order valence-corrected chi connectivity index (χ0v) is 8.40. The van der Waals surface area contributed by atoms with Crippen LogP contribution in [-0.4, -0.2) is 14.6 Å². The Morgan fingerprint density at radius 1 is 1.29 bits per heavy atom. The van der Waals surface area contributed by atoms with Crippen LogP contribution in [0.3, 0.4) is 0 Å². The Bertz CT molecular complexity index is 557. The second-order valence-electron chi connectivity index (χ2n) is 3.42. The summed E-state index contributed by atoms with van der Waals surface area (Å²) >= 11 is 0. The number of hydrogen-bond donors (Lipinski definition) is 0. The molecule has 0 N–H and O–H groups in total. The Balaban J connectivity index is 2.97. The Labute approximate surface area is 81.2 Å². The average Bonchev–Trinajstić information content (AvgIpc) is 2.15. The molecule has 72 valence electrons. The standard InChI is InChI=1S/C10H11N3O/c1-6-4-9-7(2)10(14)11-5-13(9)12-8(6)3/h4-5H,1-3H3. The zero-order chi connectivity index (χ0) is 10.3. The molecule has 0 radical (unpaired) electrons. The van der Waals surface area contributed by atoms with Gasteiger partial charge >= 0.3 is 0 Å². The topological polar surface area (TPSA) is 47.3 Å². The lowest BCUT2D eigenvalue weighted by atomic mass is 10.2. The van der Waals surface area contributed by atoms with Gasteiger partial charge in [0.1, 0.15) is 6.33 Å². The van der Waals surface area contributed by atoms with Crippen LogP contribution in [-0.2, 0) is 0 Å². The fourth-order valence-electron chi connectivity index (χ4n) is 1.35. The molecular formula is C10H11N3O. The molecule has 0 aliphatic rings. The van der Waals surface area contributed by atoms with Gasteiger partial charge in [-0.2, -0.15) is 10.1 Å². The van der Waals surface area contributed by atoms with Gasteiger partial charge in [0.2, 0.25) is 0 Å². The summed E-state index contributed by atoms with van der Waals surface area (Å²) in [5, 5.41) is 4.29. The van der Waals surface area contributed by atoms with E-state index >= 15 is 0 Å². The SMILES string of the molecule is Cc1cc2c(C)c(=O)ncn2nc1C. The van der Waals surface area contributed by atoms with E-state index in [1.54, 1.807) is 11.4 Å². The molecule has 0 saturated carbocycles. The van der Waals surface area contributed by atoms with E-state index in [4.69, 9.17) is 0 Å². The monoisotopic (exact) mass is 189 g/mol. The molecule has 4 heteroatoms. The minimum Gasteiger partial charge on any atom is -0.267 e. The van der Waals surface area contributed by atoms with Crippen LogP contribution in [0.5, 0.6) is 0 Å². The molecule has 0 spiro atoms. The third kappa shape index (κ3) is 1.19. The fraction of sp³-hybridized carbons (Fsp3) is 0.300. The van der Waals surface area contributed by atoms with Crippen molar-refractivity contribution >= 4 is 5.52 Å². The van der Waals surface area contributed by atoms with Crippen molar-refractivity contribution in [3.05, 3.63) is 39.6 Å². The highest BCUT2D eigenvalue weighted by molar-refractivity contribution is 5.53. The lowest BCUT2D eigenvalue weighted by molar-refractivity contribution is 0.841. The van der Waals surface area contributed by atoms with Crippen molar-refractivity contribution in [3.8, 4) is 0 Å². The first-order valence-corrected chi connectivity index (χ1v) is 4.42. The maximum Gasteiger partial charge on any atom is 0.276 e. The molecule has 0 aliphatic heterocycles. The van der Waals surface area contributed by atoms with E-state index in [1.807, 2.05) is 19.9 Å². The van der Waals surface area contributed by atoms with Gasteiger partial charge in [-0.3, -0.25) is 4.79 Å². The smallest absolute Gasteiger partial charge is 0.267 e. The summed E-state index contributed by atoms with van der Waals surface area (Å²) in [7, 11) is 0. The molecule has 0 aromatic carbocycles. The molecular weight excluding hydrogens is 178 g/mol. The average molecular weight is 189 g/mol. The number of hydrogen-bond acceptors (Lipinski definition) is 3. The molecule has 0 aliphatic carbocycles. The molecule has 0 amide bonds. The Morgan fingerprint density at radius 3 is 2.71 bits per heavy atom. The summed E-state index contributed by atoms with van der Waals surface area (Å²) in [6.45, 7) is 5.68. The van der Waals surface area contributed by atoms with Crippen molar-refractivity contribution in [3.63, 3.8) is 0 Å². The lowest BCUT2D eigenvalue weighted by Gasteiger charge is -2.05. The second kappa shape index (κ2) is 2.90. The predicted octanol–water partition coefficient (Wildman–Crippen LogP) is 1.01. The molecule has 2 aromatic heterocycles. The summed E-state index contributed by atoms with van der Waals surface area (Å²) in [5.41, 5.74) is 3.31. The second-order valence-corrected chi connectivity index (χ2v) is 3.42. The molecule has 2 heterocycles. The molecule has 0 atom stereocenters. The van der Waals surface area contributed by atoms with E-state index in [9.17, 15) is 4.79 Å². The van der Waals surface area contributed by atoms with Gasteiger partial charge in [0.05, 0.1) is 11.2 Å². The largest absolute Gasteiger partial charge is 0.276 e. The highest BCUT2D eigenvalue weighted by Gasteiger charge is 2.03. The molecule has 0 unspecified atom stereocenters. The van der Waals surface area contributed by atoms with Crippen LogP contribution in [0.15, 0.2) is 17.2 Å². The molecule has 0 saturated heterocycles. The first kappa shape index (κ1) is 8.87. The minimum atomic E-state index is -0.185. The lowest BCUT2D eigenvalue weighted by Crippen LogP contribution is -2.14. The third-order valence-corrected chi connectivity index (χ3v) is 2.42. The minimum absolute atomic E-state index is 0.185. The highest BCUT2D eigenvalue weighted by atomic mass is 16.1. The van der Waals surface area contributed by atoms with Gasteiger partial charge in [-0.05, 0) is 32.4 Å². The van der Waals surface area contributed by atoms with Crippen LogP contribution in [0.2, 0.25) is 0 Å². The van der Waals surface area contributed by atoms with Gasteiger partial charge in [-0.15, -0.1) is 0 Å². The number of rotatable bonds is 0. The zero-order valence-electron chi connectivity index (χ0n) is 8.40. The first-order chi connectivity index (χ1) is 6.59. The maximum atomic E-state index is 11.3. The molecule has 4 nitrogen and oxygen atoms in total. The summed E-state index contributed by atoms with van der Waals surface area (Å²) in [6.07, 6.45) is 1.46. The molecule has 14 heavy (non-hydrogen) atoms. The van der Waals surface area contributed by atoms with Crippen molar-refractivity contribution in [2.24, 2.45) is 0 Å². The summed E-state index contributed by atoms with van der Waals surface area (Å²) in [5.74, 6) is 0. The fourth-order valence-corrected chi connectivity index (χ4v) is 1.35. The molecule has 0 bridgehead atoms. The molecule has 0 fully saturated rings. The van der Waals surface area contributed by atoms with E-state index in [-0.39, 0.29) is 5.56 Å². The van der Waals surface area contributed by atoms with Crippen molar-refractivity contribution in [2.75, 3.05) is 0 Å². The molecule has 2 aromatic rings. The normalized spacial score (nSPS) is 10.8. The number of nitrogens with zero attached hydrogens (tertiary/aromatic N) is 3. The predicted molar refractivity (Wildman–Crippen MR) is 53.5 cm³/mol. The summed E-state index contributed by atoms with van der Waals surface area (Å²) in [4.78, 5) is 15.0. The number of fused-ring (bicyclic) bond motifs is 1. The van der Waals surface area contributed by atoms with Gasteiger partial charge in [-0.25, -0.2) is 4.52 Å². The van der Waals surface area contributed by atoms with Crippen molar-refractivity contribution in [1.82, 2.24) is 14.6 Å². The maximum absolute atomic E-state index is 11.3. The van der Waals surface area contributed by atoms with Crippen LogP contribution >= 0.6 is 0 Å². The van der Waals surface area contributed by atoms with Crippen molar-refractivity contribution in [2.45, 2.75) is 20.8 Å². The van der Waals surface area contributed by atoms with Gasteiger partial charge in [0.15, 0.2) is 0 Å². The summed E-state index contributed by atoms with van der Waals surface area (Å²) < 4.78 is 1.64. The Kier molecular flexibility index (Phi) is 1.84. The summed E-state index contributed by atoms with van der Waals surface area (Å²) in [6, 6.07) is 1.96. The van der Waals surface area contributed by atoms with E-state index in [0.717, 1.165) is 16.8 Å². The van der Waals surface area contributed by atoms with E-state index < -0.39 is 0 Å². The van der Waals surface area contributed by atoms with Crippen LogP contribution < -0.4 is 5.56 Å². The van der Waals surface area contributed by atoms with Gasteiger partial charge < -0.3 is 0 Å². The third-order valence-electron chi connectivity index (χ3n) is 2.42. The Hall–Kier alpha value is -1.71. The van der Waals surface area contributed by atoms with E-state index in [1.165, 1.54) is 6.33 Å².